The minimum atomic E-state index is -0.0132. The van der Waals surface area contributed by atoms with Gasteiger partial charge in [-0.15, -0.1) is 11.3 Å². The Balaban J connectivity index is 1.48. The molecule has 1 aliphatic heterocycles. The van der Waals surface area contributed by atoms with Crippen molar-refractivity contribution in [2.75, 3.05) is 16.8 Å². The maximum Gasteiger partial charge on any atom is 0.229 e. The molecule has 0 saturated heterocycles. The molecule has 0 spiro atoms. The average molecular weight is 398 g/mol. The van der Waals surface area contributed by atoms with Crippen molar-refractivity contribution >= 4 is 34.0 Å². The highest BCUT2D eigenvalue weighted by Crippen LogP contribution is 2.35. The van der Waals surface area contributed by atoms with Crippen LogP contribution in [0.25, 0.3) is 11.3 Å². The smallest absolute Gasteiger partial charge is 0.229 e. The maximum atomic E-state index is 12.6. The lowest BCUT2D eigenvalue weighted by molar-refractivity contribution is -0.122. The molecule has 0 bridgehead atoms. The van der Waals surface area contributed by atoms with Crippen LogP contribution in [0.5, 0.6) is 0 Å². The highest BCUT2D eigenvalue weighted by molar-refractivity contribution is 7.14. The van der Waals surface area contributed by atoms with Crippen LogP contribution in [-0.4, -0.2) is 23.3 Å². The van der Waals surface area contributed by atoms with E-state index in [1.54, 1.807) is 0 Å². The minimum Gasteiger partial charge on any atom is -0.312 e. The first-order valence-corrected chi connectivity index (χ1v) is 10.9. The molecule has 0 radical (unpaired) electrons. The predicted molar refractivity (Wildman–Crippen MR) is 114 cm³/mol. The zero-order valence-electron chi connectivity index (χ0n) is 16.7. The van der Waals surface area contributed by atoms with Crippen molar-refractivity contribution in [3.05, 3.63) is 29.1 Å². The van der Waals surface area contributed by atoms with Crippen LogP contribution in [0.1, 0.15) is 52.0 Å². The van der Waals surface area contributed by atoms with E-state index in [0.717, 1.165) is 49.2 Å². The van der Waals surface area contributed by atoms with Gasteiger partial charge in [-0.25, -0.2) is 4.98 Å². The quantitative estimate of drug-likeness (QED) is 0.800. The van der Waals surface area contributed by atoms with E-state index >= 15 is 0 Å². The fraction of sp³-hybridized carbons (Fsp3) is 0.500. The first-order chi connectivity index (χ1) is 13.3. The molecule has 148 valence electrons. The van der Waals surface area contributed by atoms with Gasteiger partial charge >= 0.3 is 0 Å². The van der Waals surface area contributed by atoms with Crippen molar-refractivity contribution in [2.24, 2.45) is 11.3 Å². The van der Waals surface area contributed by atoms with Crippen molar-refractivity contribution in [3.63, 3.8) is 0 Å². The van der Waals surface area contributed by atoms with Crippen molar-refractivity contribution in [3.8, 4) is 11.3 Å². The van der Waals surface area contributed by atoms with Gasteiger partial charge in [-0.2, -0.15) is 0 Å². The molecule has 1 aromatic heterocycles. The number of anilines is 2. The molecule has 4 rings (SSSR count). The third kappa shape index (κ3) is 3.97. The van der Waals surface area contributed by atoms with Gasteiger partial charge in [0.05, 0.1) is 5.69 Å². The summed E-state index contributed by atoms with van der Waals surface area (Å²) in [5, 5.41) is 5.59. The van der Waals surface area contributed by atoms with Gasteiger partial charge in [0.25, 0.3) is 0 Å². The van der Waals surface area contributed by atoms with Crippen LogP contribution in [0, 0.1) is 11.3 Å². The third-order valence-corrected chi connectivity index (χ3v) is 6.22. The van der Waals surface area contributed by atoms with E-state index < -0.39 is 0 Å². The summed E-state index contributed by atoms with van der Waals surface area (Å²) in [6, 6.07) is 6.19. The Morgan fingerprint density at radius 3 is 2.75 bits per heavy atom. The van der Waals surface area contributed by atoms with Gasteiger partial charge in [0.15, 0.2) is 5.13 Å². The van der Waals surface area contributed by atoms with E-state index in [1.807, 2.05) is 22.4 Å². The summed E-state index contributed by atoms with van der Waals surface area (Å²) in [7, 11) is 0. The van der Waals surface area contributed by atoms with Gasteiger partial charge in [0.2, 0.25) is 11.8 Å². The fourth-order valence-corrected chi connectivity index (χ4v) is 4.43. The Labute approximate surface area is 170 Å². The molecule has 2 amide bonds. The SMILES string of the molecule is CC(C)(C)CC(=O)N1CCc2cc(-c3csc(NC(=O)C4CCC4)n3)ccc21. The highest BCUT2D eigenvalue weighted by Gasteiger charge is 2.28. The lowest BCUT2D eigenvalue weighted by Gasteiger charge is -2.23. The normalized spacial score (nSPS) is 16.6. The summed E-state index contributed by atoms with van der Waals surface area (Å²) in [5.41, 5.74) is 4.10. The molecule has 0 atom stereocenters. The summed E-state index contributed by atoms with van der Waals surface area (Å²) in [6.07, 6.45) is 4.53. The first-order valence-electron chi connectivity index (χ1n) is 10.0. The zero-order chi connectivity index (χ0) is 19.9. The first kappa shape index (κ1) is 19.1. The summed E-state index contributed by atoms with van der Waals surface area (Å²) < 4.78 is 0. The van der Waals surface area contributed by atoms with Gasteiger partial charge in [-0.1, -0.05) is 33.3 Å². The molecule has 1 aliphatic carbocycles. The number of hydrogen-bond acceptors (Lipinski definition) is 4. The molecule has 2 aliphatic rings. The second-order valence-electron chi connectivity index (χ2n) is 9.03. The summed E-state index contributed by atoms with van der Waals surface area (Å²) in [6.45, 7) is 7.02. The van der Waals surface area contributed by atoms with Crippen LogP contribution >= 0.6 is 11.3 Å². The minimum absolute atomic E-state index is 0.0132. The monoisotopic (exact) mass is 397 g/mol. The number of thiazole rings is 1. The van der Waals surface area contributed by atoms with E-state index in [0.29, 0.717) is 11.6 Å². The molecular formula is C22H27N3O2S. The molecule has 1 saturated carbocycles. The van der Waals surface area contributed by atoms with Crippen LogP contribution in [0.15, 0.2) is 23.6 Å². The van der Waals surface area contributed by atoms with E-state index in [9.17, 15) is 9.59 Å². The summed E-state index contributed by atoms with van der Waals surface area (Å²) >= 11 is 1.46. The number of nitrogens with zero attached hydrogens (tertiary/aromatic N) is 2. The molecule has 0 unspecified atom stereocenters. The molecule has 28 heavy (non-hydrogen) atoms. The Bertz CT molecular complexity index is 909. The fourth-order valence-electron chi connectivity index (χ4n) is 3.71. The van der Waals surface area contributed by atoms with E-state index in [1.165, 1.54) is 16.9 Å². The molecule has 1 fully saturated rings. The number of rotatable bonds is 4. The van der Waals surface area contributed by atoms with Gasteiger partial charge in [0, 0.05) is 35.5 Å². The van der Waals surface area contributed by atoms with Crippen LogP contribution in [-0.2, 0) is 16.0 Å². The Morgan fingerprint density at radius 1 is 1.29 bits per heavy atom. The molecule has 1 aromatic carbocycles. The lowest BCUT2D eigenvalue weighted by atomic mass is 9.85. The maximum absolute atomic E-state index is 12.6. The molecule has 5 nitrogen and oxygen atoms in total. The number of aromatic nitrogens is 1. The Hall–Kier alpha value is -2.21. The number of amides is 2. The molecule has 2 aromatic rings. The Kier molecular flexibility index (Phi) is 5.00. The highest BCUT2D eigenvalue weighted by atomic mass is 32.1. The van der Waals surface area contributed by atoms with Gasteiger partial charge in [-0.3, -0.25) is 9.59 Å². The Morgan fingerprint density at radius 2 is 2.07 bits per heavy atom. The van der Waals surface area contributed by atoms with Crippen molar-refractivity contribution in [1.82, 2.24) is 4.98 Å². The molecule has 2 heterocycles. The van der Waals surface area contributed by atoms with Crippen LogP contribution in [0.3, 0.4) is 0 Å². The zero-order valence-corrected chi connectivity index (χ0v) is 17.6. The second kappa shape index (κ2) is 7.32. The standard InChI is InChI=1S/C22H27N3O2S/c1-22(2,3)12-19(26)25-10-9-16-11-15(7-8-18(16)25)17-13-28-21(23-17)24-20(27)14-5-4-6-14/h7-8,11,13-14H,4-6,9-10,12H2,1-3H3,(H,23,24,27). The van der Waals surface area contributed by atoms with Crippen molar-refractivity contribution < 1.29 is 9.59 Å². The lowest BCUT2D eigenvalue weighted by Crippen LogP contribution is -2.31. The van der Waals surface area contributed by atoms with Crippen molar-refractivity contribution in [2.45, 2.75) is 52.9 Å². The number of hydrogen-bond donors (Lipinski definition) is 1. The largest absolute Gasteiger partial charge is 0.312 e. The second-order valence-corrected chi connectivity index (χ2v) is 9.89. The molecule has 6 heteroatoms. The van der Waals surface area contributed by atoms with Crippen LogP contribution in [0.4, 0.5) is 10.8 Å². The van der Waals surface area contributed by atoms with Gasteiger partial charge < -0.3 is 10.2 Å². The van der Waals surface area contributed by atoms with Crippen LogP contribution in [0.2, 0.25) is 0 Å². The molecule has 1 N–H and O–H groups in total. The van der Waals surface area contributed by atoms with E-state index in [4.69, 9.17) is 0 Å². The topological polar surface area (TPSA) is 62.3 Å². The molecular weight excluding hydrogens is 370 g/mol. The number of carbonyl (C=O) groups is 2. The van der Waals surface area contributed by atoms with E-state index in [2.05, 4.69) is 37.1 Å². The summed E-state index contributed by atoms with van der Waals surface area (Å²) in [4.78, 5) is 31.3. The number of benzene rings is 1. The summed E-state index contributed by atoms with van der Waals surface area (Å²) in [5.74, 6) is 0.437. The van der Waals surface area contributed by atoms with Crippen LogP contribution < -0.4 is 10.2 Å². The van der Waals surface area contributed by atoms with E-state index in [-0.39, 0.29) is 23.1 Å². The number of nitrogens with one attached hydrogen (secondary N) is 1. The third-order valence-electron chi connectivity index (χ3n) is 5.46. The predicted octanol–water partition coefficient (Wildman–Crippen LogP) is 4.87. The average Bonchev–Trinajstić information content (AvgIpc) is 3.17. The number of carbonyl (C=O) groups excluding carboxylic acids is 2. The number of fused-ring (bicyclic) bond motifs is 1. The van der Waals surface area contributed by atoms with Gasteiger partial charge in [0.1, 0.15) is 0 Å². The van der Waals surface area contributed by atoms with Crippen molar-refractivity contribution in [1.29, 1.82) is 0 Å². The van der Waals surface area contributed by atoms with Gasteiger partial charge in [-0.05, 0) is 42.4 Å².